The maximum atomic E-state index is 15.4. The highest BCUT2D eigenvalue weighted by Crippen LogP contribution is 2.32. The van der Waals surface area contributed by atoms with Crippen molar-refractivity contribution in [3.63, 3.8) is 0 Å². The number of piperidine rings is 1. The van der Waals surface area contributed by atoms with E-state index in [-0.39, 0.29) is 30.3 Å². The number of ether oxygens (including phenoxy) is 2. The highest BCUT2D eigenvalue weighted by Gasteiger charge is 2.29. The summed E-state index contributed by atoms with van der Waals surface area (Å²) in [5.41, 5.74) is 0.513. The van der Waals surface area contributed by atoms with E-state index < -0.39 is 5.82 Å². The second kappa shape index (κ2) is 11.8. The normalized spacial score (nSPS) is 17.7. The minimum absolute atomic E-state index is 0.0736. The molecule has 6 rings (SSSR count). The lowest BCUT2D eigenvalue weighted by atomic mass is 9.97. The number of aliphatic hydroxyl groups is 1. The Balaban J connectivity index is 1.39. The van der Waals surface area contributed by atoms with E-state index in [2.05, 4.69) is 4.90 Å². The van der Waals surface area contributed by atoms with Crippen molar-refractivity contribution in [3.05, 3.63) is 82.9 Å². The van der Waals surface area contributed by atoms with Gasteiger partial charge in [-0.05, 0) is 86.5 Å². The number of nitrogens with zero attached hydrogens (tertiary/aromatic N) is 3. The molecule has 1 aliphatic heterocycles. The summed E-state index contributed by atoms with van der Waals surface area (Å²) in [6, 6.07) is 19.2. The van der Waals surface area contributed by atoms with Gasteiger partial charge in [0.25, 0.3) is 5.56 Å². The van der Waals surface area contributed by atoms with Crippen LogP contribution in [-0.2, 0) is 6.54 Å². The number of aromatic nitrogens is 2. The van der Waals surface area contributed by atoms with E-state index >= 15 is 4.39 Å². The molecule has 1 saturated heterocycles. The van der Waals surface area contributed by atoms with Crippen LogP contribution in [0.25, 0.3) is 22.3 Å². The average Bonchev–Trinajstić information content (AvgIpc) is 3.78. The van der Waals surface area contributed by atoms with Gasteiger partial charge in [-0.25, -0.2) is 9.37 Å². The Kier molecular flexibility index (Phi) is 7.80. The van der Waals surface area contributed by atoms with Gasteiger partial charge < -0.3 is 19.5 Å². The average molecular weight is 544 g/mol. The lowest BCUT2D eigenvalue weighted by Crippen LogP contribution is -2.39. The molecule has 40 heavy (non-hydrogen) atoms. The van der Waals surface area contributed by atoms with Gasteiger partial charge in [-0.3, -0.25) is 9.36 Å². The van der Waals surface area contributed by atoms with Gasteiger partial charge in [-0.2, -0.15) is 0 Å². The first kappa shape index (κ1) is 26.5. The molecule has 1 unspecified atom stereocenters. The van der Waals surface area contributed by atoms with Crippen LogP contribution in [0.2, 0.25) is 0 Å². The zero-order valence-corrected chi connectivity index (χ0v) is 22.5. The van der Waals surface area contributed by atoms with Crippen molar-refractivity contribution in [2.75, 3.05) is 32.8 Å². The summed E-state index contributed by atoms with van der Waals surface area (Å²) < 4.78 is 28.5. The zero-order valence-electron chi connectivity index (χ0n) is 22.5. The Labute approximate surface area is 232 Å². The summed E-state index contributed by atoms with van der Waals surface area (Å²) in [6.45, 7) is 3.51. The van der Waals surface area contributed by atoms with E-state index in [0.717, 1.165) is 38.4 Å². The maximum Gasteiger partial charge on any atom is 0.261 e. The summed E-state index contributed by atoms with van der Waals surface area (Å²) in [4.78, 5) is 21.4. The highest BCUT2D eigenvalue weighted by molar-refractivity contribution is 5.81. The van der Waals surface area contributed by atoms with E-state index in [9.17, 15) is 4.79 Å². The van der Waals surface area contributed by atoms with Crippen LogP contribution in [0, 0.1) is 17.7 Å². The molecule has 8 heteroatoms. The molecule has 0 spiro atoms. The third-order valence-electron chi connectivity index (χ3n) is 7.70. The fraction of sp³-hybridized carbons (Fsp3) is 0.375. The van der Waals surface area contributed by atoms with Crippen molar-refractivity contribution in [1.82, 2.24) is 14.5 Å². The summed E-state index contributed by atoms with van der Waals surface area (Å²) in [7, 11) is 0. The van der Waals surface area contributed by atoms with Gasteiger partial charge >= 0.3 is 0 Å². The number of aliphatic hydroxyl groups excluding tert-OH is 1. The SMILES string of the molecule is O=c1c2cc(Oc3ccccc3)ccc2nc(-c2ccc(OCCO)cc2F)n1CC1CCCN(CC2CC2)C1. The van der Waals surface area contributed by atoms with E-state index in [1.807, 2.05) is 30.3 Å². The molecule has 1 aliphatic carbocycles. The van der Waals surface area contributed by atoms with E-state index in [4.69, 9.17) is 19.6 Å². The fourth-order valence-electron chi connectivity index (χ4n) is 5.58. The lowest BCUT2D eigenvalue weighted by Gasteiger charge is -2.33. The number of halogens is 1. The third-order valence-corrected chi connectivity index (χ3v) is 7.70. The number of hydrogen-bond acceptors (Lipinski definition) is 6. The Morgan fingerprint density at radius 2 is 1.75 bits per heavy atom. The molecule has 7 nitrogen and oxygen atoms in total. The van der Waals surface area contributed by atoms with Gasteiger partial charge in [0.2, 0.25) is 0 Å². The Bertz CT molecular complexity index is 1540. The van der Waals surface area contributed by atoms with Gasteiger partial charge in [0.1, 0.15) is 35.5 Å². The molecular formula is C32H34FN3O4. The van der Waals surface area contributed by atoms with Crippen molar-refractivity contribution >= 4 is 10.9 Å². The number of fused-ring (bicyclic) bond motifs is 1. The molecule has 208 valence electrons. The lowest BCUT2D eigenvalue weighted by molar-refractivity contribution is 0.156. The molecule has 1 aromatic heterocycles. The van der Waals surface area contributed by atoms with Crippen LogP contribution >= 0.6 is 0 Å². The number of benzene rings is 3. The van der Waals surface area contributed by atoms with Crippen molar-refractivity contribution in [3.8, 4) is 28.6 Å². The summed E-state index contributed by atoms with van der Waals surface area (Å²) in [6.07, 6.45) is 4.72. The maximum absolute atomic E-state index is 15.4. The fourth-order valence-corrected chi connectivity index (χ4v) is 5.58. The quantitative estimate of drug-likeness (QED) is 0.285. The van der Waals surface area contributed by atoms with Crippen LogP contribution in [0.15, 0.2) is 71.5 Å². The Morgan fingerprint density at radius 1 is 0.925 bits per heavy atom. The molecule has 1 saturated carbocycles. The van der Waals surface area contributed by atoms with Crippen LogP contribution in [0.5, 0.6) is 17.2 Å². The second-order valence-electron chi connectivity index (χ2n) is 10.9. The standard InChI is InChI=1S/C32H34FN3O4/c33-29-18-25(39-16-15-37)10-12-27(29)31-34-30-13-11-26(40-24-6-2-1-3-7-24)17-28(30)32(38)36(31)21-23-5-4-14-35(20-23)19-22-8-9-22/h1-3,6-7,10-13,17-18,22-23,37H,4-5,8-9,14-16,19-21H2. The first-order chi connectivity index (χ1) is 19.6. The largest absolute Gasteiger partial charge is 0.491 e. The van der Waals surface area contributed by atoms with Gasteiger partial charge in [0.15, 0.2) is 0 Å². The van der Waals surface area contributed by atoms with Crippen molar-refractivity contribution in [1.29, 1.82) is 0 Å². The number of hydrogen-bond donors (Lipinski definition) is 1. The number of rotatable bonds is 10. The van der Waals surface area contributed by atoms with Crippen LogP contribution < -0.4 is 15.0 Å². The molecule has 4 aromatic rings. The molecule has 2 heterocycles. The molecular weight excluding hydrogens is 509 g/mol. The summed E-state index contributed by atoms with van der Waals surface area (Å²) in [5.74, 6) is 2.39. The van der Waals surface area contributed by atoms with Crippen molar-refractivity contribution in [2.24, 2.45) is 11.8 Å². The van der Waals surface area contributed by atoms with Gasteiger partial charge in [0.05, 0.1) is 23.1 Å². The van der Waals surface area contributed by atoms with Crippen LogP contribution in [0.1, 0.15) is 25.7 Å². The molecule has 1 N–H and O–H groups in total. The van der Waals surface area contributed by atoms with Crippen LogP contribution in [0.3, 0.4) is 0 Å². The Hall–Kier alpha value is -3.75. The molecule has 2 fully saturated rings. The topological polar surface area (TPSA) is 76.8 Å². The Morgan fingerprint density at radius 3 is 2.52 bits per heavy atom. The van der Waals surface area contributed by atoms with Gasteiger partial charge in [-0.15, -0.1) is 0 Å². The molecule has 0 amide bonds. The minimum atomic E-state index is -0.529. The molecule has 3 aromatic carbocycles. The molecule has 1 atom stereocenters. The summed E-state index contributed by atoms with van der Waals surface area (Å²) in [5, 5.41) is 9.48. The first-order valence-corrected chi connectivity index (χ1v) is 14.1. The number of likely N-dealkylation sites (tertiary alicyclic amines) is 1. The molecule has 0 radical (unpaired) electrons. The first-order valence-electron chi connectivity index (χ1n) is 14.1. The van der Waals surface area contributed by atoms with E-state index in [1.165, 1.54) is 18.9 Å². The van der Waals surface area contributed by atoms with Crippen molar-refractivity contribution < 1.29 is 19.0 Å². The van der Waals surface area contributed by atoms with Crippen molar-refractivity contribution in [2.45, 2.75) is 32.2 Å². The van der Waals surface area contributed by atoms with E-state index in [1.54, 1.807) is 34.9 Å². The van der Waals surface area contributed by atoms with Gasteiger partial charge in [0, 0.05) is 25.7 Å². The van der Waals surface area contributed by atoms with Crippen LogP contribution in [0.4, 0.5) is 4.39 Å². The molecule has 0 bridgehead atoms. The zero-order chi connectivity index (χ0) is 27.5. The number of para-hydroxylation sites is 1. The highest BCUT2D eigenvalue weighted by atomic mass is 19.1. The van der Waals surface area contributed by atoms with Crippen LogP contribution in [-0.4, -0.2) is 52.4 Å². The van der Waals surface area contributed by atoms with E-state index in [0.29, 0.717) is 40.5 Å². The second-order valence-corrected chi connectivity index (χ2v) is 10.9. The third kappa shape index (κ3) is 6.03. The molecule has 2 aliphatic rings. The summed E-state index contributed by atoms with van der Waals surface area (Å²) >= 11 is 0. The monoisotopic (exact) mass is 543 g/mol. The smallest absolute Gasteiger partial charge is 0.261 e. The minimum Gasteiger partial charge on any atom is -0.491 e. The predicted octanol–water partition coefficient (Wildman–Crippen LogP) is 5.49. The van der Waals surface area contributed by atoms with Gasteiger partial charge in [-0.1, -0.05) is 18.2 Å². The predicted molar refractivity (Wildman–Crippen MR) is 152 cm³/mol.